The summed E-state index contributed by atoms with van der Waals surface area (Å²) >= 11 is 0. The largest absolute Gasteiger partial charge is 0.495 e. The van der Waals surface area contributed by atoms with Gasteiger partial charge in [-0.2, -0.15) is 0 Å². The first kappa shape index (κ1) is 17.5. The van der Waals surface area contributed by atoms with Crippen LogP contribution in [0.1, 0.15) is 13.3 Å². The molecule has 0 aromatic heterocycles. The van der Waals surface area contributed by atoms with E-state index in [2.05, 4.69) is 0 Å². The SMILES string of the molecule is COc1ccc(-c2ccccc2)cc1N1C(=O)[C@@H]2C[C@H]1CN2C(=O)[C@@H](C)O. The molecule has 2 saturated heterocycles. The first-order valence-corrected chi connectivity index (χ1v) is 9.06. The molecule has 2 fully saturated rings. The number of anilines is 1. The Kier molecular flexibility index (Phi) is 4.36. The predicted octanol–water partition coefficient (Wildman–Crippen LogP) is 2.06. The molecule has 0 unspecified atom stereocenters. The van der Waals surface area contributed by atoms with Gasteiger partial charge in [0, 0.05) is 6.54 Å². The molecule has 2 bridgehead atoms. The van der Waals surface area contributed by atoms with Gasteiger partial charge in [-0.05, 0) is 36.6 Å². The van der Waals surface area contributed by atoms with Crippen molar-refractivity contribution in [3.8, 4) is 16.9 Å². The Morgan fingerprint density at radius 2 is 1.93 bits per heavy atom. The zero-order valence-corrected chi connectivity index (χ0v) is 15.3. The van der Waals surface area contributed by atoms with Crippen molar-refractivity contribution in [1.29, 1.82) is 0 Å². The summed E-state index contributed by atoms with van der Waals surface area (Å²) in [6.07, 6.45) is -0.516. The van der Waals surface area contributed by atoms with Gasteiger partial charge >= 0.3 is 0 Å². The molecule has 140 valence electrons. The Labute approximate surface area is 158 Å². The Morgan fingerprint density at radius 3 is 2.56 bits per heavy atom. The van der Waals surface area contributed by atoms with Gasteiger partial charge in [-0.1, -0.05) is 36.4 Å². The molecule has 4 rings (SSSR count). The number of ether oxygens (including phenoxy) is 1. The number of likely N-dealkylation sites (tertiary alicyclic amines) is 1. The molecule has 0 spiro atoms. The Hall–Kier alpha value is -2.86. The zero-order chi connectivity index (χ0) is 19.1. The van der Waals surface area contributed by atoms with Crippen LogP contribution in [-0.4, -0.2) is 53.7 Å². The summed E-state index contributed by atoms with van der Waals surface area (Å²) in [5.74, 6) is 0.119. The third-order valence-corrected chi connectivity index (χ3v) is 5.35. The predicted molar refractivity (Wildman–Crippen MR) is 102 cm³/mol. The molecule has 1 N–H and O–H groups in total. The number of amides is 2. The summed E-state index contributed by atoms with van der Waals surface area (Å²) < 4.78 is 5.50. The summed E-state index contributed by atoms with van der Waals surface area (Å²) in [6.45, 7) is 1.86. The average molecular weight is 366 g/mol. The van der Waals surface area contributed by atoms with E-state index in [1.54, 1.807) is 12.0 Å². The van der Waals surface area contributed by atoms with Crippen molar-refractivity contribution in [2.24, 2.45) is 0 Å². The number of fused-ring (bicyclic) bond motifs is 2. The molecule has 2 aromatic rings. The summed E-state index contributed by atoms with van der Waals surface area (Å²) in [6, 6.07) is 15.1. The zero-order valence-electron chi connectivity index (χ0n) is 15.3. The molecule has 2 aliphatic heterocycles. The van der Waals surface area contributed by atoms with Crippen molar-refractivity contribution in [3.05, 3.63) is 48.5 Å². The fourth-order valence-electron chi connectivity index (χ4n) is 4.06. The van der Waals surface area contributed by atoms with E-state index in [1.165, 1.54) is 11.8 Å². The molecule has 2 amide bonds. The first-order chi connectivity index (χ1) is 13.0. The van der Waals surface area contributed by atoms with Gasteiger partial charge in [0.2, 0.25) is 5.91 Å². The molecule has 2 aliphatic rings. The third kappa shape index (κ3) is 2.86. The van der Waals surface area contributed by atoms with E-state index in [4.69, 9.17) is 4.74 Å². The summed E-state index contributed by atoms with van der Waals surface area (Å²) in [5, 5.41) is 9.59. The van der Waals surface area contributed by atoms with E-state index >= 15 is 0 Å². The highest BCUT2D eigenvalue weighted by Crippen LogP contribution is 2.41. The minimum atomic E-state index is -1.10. The number of benzene rings is 2. The summed E-state index contributed by atoms with van der Waals surface area (Å²) in [5.41, 5.74) is 2.78. The molecule has 2 heterocycles. The minimum absolute atomic E-state index is 0.106. The average Bonchev–Trinajstić information content (AvgIpc) is 3.25. The van der Waals surface area contributed by atoms with E-state index in [0.29, 0.717) is 18.7 Å². The van der Waals surface area contributed by atoms with Crippen LogP contribution in [0, 0.1) is 0 Å². The molecular weight excluding hydrogens is 344 g/mol. The van der Waals surface area contributed by atoms with Gasteiger partial charge < -0.3 is 19.6 Å². The maximum atomic E-state index is 13.0. The van der Waals surface area contributed by atoms with Crippen molar-refractivity contribution in [3.63, 3.8) is 0 Å². The highest BCUT2D eigenvalue weighted by molar-refractivity contribution is 6.05. The van der Waals surface area contributed by atoms with Gasteiger partial charge in [0.25, 0.3) is 5.91 Å². The van der Waals surface area contributed by atoms with Crippen LogP contribution in [0.5, 0.6) is 5.75 Å². The second kappa shape index (κ2) is 6.70. The molecule has 6 heteroatoms. The van der Waals surface area contributed by atoms with Gasteiger partial charge in [-0.15, -0.1) is 0 Å². The van der Waals surface area contributed by atoms with Crippen LogP contribution in [0.25, 0.3) is 11.1 Å². The van der Waals surface area contributed by atoms with Crippen LogP contribution in [0.4, 0.5) is 5.69 Å². The van der Waals surface area contributed by atoms with Gasteiger partial charge in [0.1, 0.15) is 17.9 Å². The van der Waals surface area contributed by atoms with E-state index < -0.39 is 12.1 Å². The number of aliphatic hydroxyl groups is 1. The molecule has 2 aromatic carbocycles. The van der Waals surface area contributed by atoms with E-state index in [-0.39, 0.29) is 17.9 Å². The van der Waals surface area contributed by atoms with E-state index in [0.717, 1.165) is 16.8 Å². The first-order valence-electron chi connectivity index (χ1n) is 9.06. The lowest BCUT2D eigenvalue weighted by Crippen LogP contribution is -2.54. The quantitative estimate of drug-likeness (QED) is 0.899. The van der Waals surface area contributed by atoms with Crippen LogP contribution >= 0.6 is 0 Å². The number of rotatable bonds is 4. The van der Waals surface area contributed by atoms with Gasteiger partial charge in [0.15, 0.2) is 0 Å². The number of hydrogen-bond donors (Lipinski definition) is 1. The Morgan fingerprint density at radius 1 is 1.19 bits per heavy atom. The molecule has 27 heavy (non-hydrogen) atoms. The van der Waals surface area contributed by atoms with Crippen LogP contribution < -0.4 is 9.64 Å². The van der Waals surface area contributed by atoms with Gasteiger partial charge in [-0.3, -0.25) is 9.59 Å². The van der Waals surface area contributed by atoms with Crippen molar-refractivity contribution in [2.75, 3.05) is 18.6 Å². The monoisotopic (exact) mass is 366 g/mol. The Balaban J connectivity index is 1.68. The molecule has 0 aliphatic carbocycles. The lowest BCUT2D eigenvalue weighted by atomic mass is 10.0. The fraction of sp³-hybridized carbons (Fsp3) is 0.333. The van der Waals surface area contributed by atoms with Gasteiger partial charge in [-0.25, -0.2) is 0 Å². The van der Waals surface area contributed by atoms with E-state index in [1.807, 2.05) is 48.5 Å². The highest BCUT2D eigenvalue weighted by Gasteiger charge is 2.52. The van der Waals surface area contributed by atoms with Crippen molar-refractivity contribution >= 4 is 17.5 Å². The lowest BCUT2D eigenvalue weighted by molar-refractivity contribution is -0.144. The Bertz CT molecular complexity index is 881. The molecule has 6 nitrogen and oxygen atoms in total. The van der Waals surface area contributed by atoms with Crippen molar-refractivity contribution in [2.45, 2.75) is 31.5 Å². The van der Waals surface area contributed by atoms with E-state index in [9.17, 15) is 14.7 Å². The molecule has 0 saturated carbocycles. The normalized spacial score (nSPS) is 22.3. The molecule has 0 radical (unpaired) electrons. The van der Waals surface area contributed by atoms with Crippen LogP contribution in [0.15, 0.2) is 48.5 Å². The van der Waals surface area contributed by atoms with Crippen LogP contribution in [0.3, 0.4) is 0 Å². The summed E-state index contributed by atoms with van der Waals surface area (Å²) in [4.78, 5) is 28.4. The maximum absolute atomic E-state index is 13.0. The number of methoxy groups -OCH3 is 1. The topological polar surface area (TPSA) is 70.1 Å². The smallest absolute Gasteiger partial charge is 0.251 e. The van der Waals surface area contributed by atoms with Crippen LogP contribution in [-0.2, 0) is 9.59 Å². The minimum Gasteiger partial charge on any atom is -0.495 e. The highest BCUT2D eigenvalue weighted by atomic mass is 16.5. The number of piperazine rings is 1. The number of carbonyl (C=O) groups excluding carboxylic acids is 2. The number of carbonyl (C=O) groups is 2. The lowest BCUT2D eigenvalue weighted by Gasteiger charge is -2.35. The van der Waals surface area contributed by atoms with Gasteiger partial charge in [0.05, 0.1) is 18.8 Å². The third-order valence-electron chi connectivity index (χ3n) is 5.35. The number of hydrogen-bond acceptors (Lipinski definition) is 4. The molecule has 3 atom stereocenters. The summed E-state index contributed by atoms with van der Waals surface area (Å²) in [7, 11) is 1.59. The second-order valence-corrected chi connectivity index (χ2v) is 7.03. The maximum Gasteiger partial charge on any atom is 0.251 e. The fourth-order valence-corrected chi connectivity index (χ4v) is 4.06. The van der Waals surface area contributed by atoms with Crippen LogP contribution in [0.2, 0.25) is 0 Å². The number of aliphatic hydroxyl groups excluding tert-OH is 1. The molecular formula is C21H22N2O4. The number of nitrogens with zero attached hydrogens (tertiary/aromatic N) is 2. The van der Waals surface area contributed by atoms with Crippen molar-refractivity contribution < 1.29 is 19.4 Å². The standard InChI is InChI=1S/C21H22N2O4/c1-13(24)20(25)22-12-16-11-18(22)21(26)23(16)17-10-15(8-9-19(17)27-2)14-6-4-3-5-7-14/h3-10,13,16,18,24H,11-12H2,1-2H3/t13-,16+,18+/m1/s1. The van der Waals surface area contributed by atoms with Crippen molar-refractivity contribution in [1.82, 2.24) is 4.90 Å². The second-order valence-electron chi connectivity index (χ2n) is 7.03.